The Hall–Kier alpha value is -2.68. The second-order valence-electron chi connectivity index (χ2n) is 4.21. The Morgan fingerprint density at radius 2 is 1.75 bits per heavy atom. The van der Waals surface area contributed by atoms with E-state index in [1.54, 1.807) is 61.7 Å². The van der Waals surface area contributed by atoms with E-state index in [1.165, 1.54) is 6.08 Å². The lowest BCUT2D eigenvalue weighted by atomic mass is 10.1. The van der Waals surface area contributed by atoms with Crippen LogP contribution in [-0.2, 0) is 0 Å². The molecule has 0 spiro atoms. The number of hydrogen-bond donors (Lipinski definition) is 0. The molecule has 3 nitrogen and oxygen atoms in total. The van der Waals surface area contributed by atoms with E-state index in [-0.39, 0.29) is 5.78 Å². The first kappa shape index (κ1) is 13.7. The van der Waals surface area contributed by atoms with Gasteiger partial charge in [0, 0.05) is 11.1 Å². The third-order valence-electron chi connectivity index (χ3n) is 2.85. The van der Waals surface area contributed by atoms with Gasteiger partial charge in [-0.25, -0.2) is 0 Å². The second kappa shape index (κ2) is 6.48. The molecule has 0 amide bonds. The van der Waals surface area contributed by atoms with Crippen molar-refractivity contribution in [2.24, 2.45) is 0 Å². The van der Waals surface area contributed by atoms with Gasteiger partial charge in [0.15, 0.2) is 5.78 Å². The molecule has 0 radical (unpaired) electrons. The molecule has 20 heavy (non-hydrogen) atoms. The Morgan fingerprint density at radius 3 is 2.40 bits per heavy atom. The van der Waals surface area contributed by atoms with Crippen LogP contribution < -0.4 is 4.74 Å². The number of ether oxygens (including phenoxy) is 1. The van der Waals surface area contributed by atoms with E-state index in [4.69, 9.17) is 4.74 Å². The third-order valence-corrected chi connectivity index (χ3v) is 2.85. The quantitative estimate of drug-likeness (QED) is 0.473. The normalized spacial score (nSPS) is 10.4. The van der Waals surface area contributed by atoms with E-state index in [9.17, 15) is 9.59 Å². The monoisotopic (exact) mass is 266 g/mol. The number of ketones is 1. The van der Waals surface area contributed by atoms with Crippen LogP contribution in [0.5, 0.6) is 5.75 Å². The molecule has 0 heterocycles. The molecule has 0 saturated heterocycles. The summed E-state index contributed by atoms with van der Waals surface area (Å²) in [5.74, 6) is 0.558. The van der Waals surface area contributed by atoms with Crippen LogP contribution in [0.1, 0.15) is 26.3 Å². The molecule has 0 unspecified atom stereocenters. The summed E-state index contributed by atoms with van der Waals surface area (Å²) in [5, 5.41) is 0. The summed E-state index contributed by atoms with van der Waals surface area (Å²) in [5.41, 5.74) is 2.05. The summed E-state index contributed by atoms with van der Waals surface area (Å²) in [7, 11) is 1.56. The summed E-state index contributed by atoms with van der Waals surface area (Å²) in [6.07, 6.45) is 4.01. The molecule has 0 saturated carbocycles. The van der Waals surface area contributed by atoms with Gasteiger partial charge in [-0.05, 0) is 23.8 Å². The highest BCUT2D eigenvalue weighted by Gasteiger charge is 2.02. The lowest BCUT2D eigenvalue weighted by Crippen LogP contribution is -1.94. The Kier molecular flexibility index (Phi) is 4.45. The average molecular weight is 266 g/mol. The molecule has 0 aromatic heterocycles. The SMILES string of the molecule is COc1cccc(C(=O)/C=C/c2ccc(C=O)cc2)c1. The van der Waals surface area contributed by atoms with Crippen molar-refractivity contribution in [1.29, 1.82) is 0 Å². The summed E-state index contributed by atoms with van der Waals surface area (Å²) in [6, 6.07) is 14.0. The first-order chi connectivity index (χ1) is 9.72. The molecule has 0 N–H and O–H groups in total. The zero-order valence-electron chi connectivity index (χ0n) is 11.1. The van der Waals surface area contributed by atoms with Gasteiger partial charge in [0.2, 0.25) is 0 Å². The molecule has 0 fully saturated rings. The van der Waals surface area contributed by atoms with Gasteiger partial charge in [-0.1, -0.05) is 42.5 Å². The molecule has 0 aliphatic heterocycles. The van der Waals surface area contributed by atoms with Crippen LogP contribution in [0, 0.1) is 0 Å². The molecule has 0 aliphatic carbocycles. The highest BCUT2D eigenvalue weighted by Crippen LogP contribution is 2.14. The number of carbonyl (C=O) groups excluding carboxylic acids is 2. The number of aldehydes is 1. The van der Waals surface area contributed by atoms with Gasteiger partial charge in [0.1, 0.15) is 12.0 Å². The number of benzene rings is 2. The lowest BCUT2D eigenvalue weighted by molar-refractivity contribution is 0.104. The fourth-order valence-electron chi connectivity index (χ4n) is 1.73. The Bertz CT molecular complexity index is 640. The Morgan fingerprint density at radius 1 is 1.05 bits per heavy atom. The highest BCUT2D eigenvalue weighted by atomic mass is 16.5. The van der Waals surface area contributed by atoms with Gasteiger partial charge in [-0.15, -0.1) is 0 Å². The zero-order valence-corrected chi connectivity index (χ0v) is 11.1. The summed E-state index contributed by atoms with van der Waals surface area (Å²) in [4.78, 5) is 22.6. The van der Waals surface area contributed by atoms with Crippen LogP contribution in [0.25, 0.3) is 6.08 Å². The van der Waals surface area contributed by atoms with E-state index >= 15 is 0 Å². The first-order valence-electron chi connectivity index (χ1n) is 6.14. The molecule has 2 aromatic carbocycles. The zero-order chi connectivity index (χ0) is 14.4. The van der Waals surface area contributed by atoms with Gasteiger partial charge in [0.05, 0.1) is 7.11 Å². The lowest BCUT2D eigenvalue weighted by Gasteiger charge is -2.01. The summed E-state index contributed by atoms with van der Waals surface area (Å²) >= 11 is 0. The molecule has 0 aliphatic rings. The van der Waals surface area contributed by atoms with Crippen LogP contribution in [-0.4, -0.2) is 19.2 Å². The highest BCUT2D eigenvalue weighted by molar-refractivity contribution is 6.07. The van der Waals surface area contributed by atoms with Crippen molar-refractivity contribution < 1.29 is 14.3 Å². The molecule has 0 atom stereocenters. The third kappa shape index (κ3) is 3.42. The summed E-state index contributed by atoms with van der Waals surface area (Å²) < 4.78 is 5.08. The predicted octanol–water partition coefficient (Wildman–Crippen LogP) is 3.40. The summed E-state index contributed by atoms with van der Waals surface area (Å²) in [6.45, 7) is 0. The minimum absolute atomic E-state index is 0.0941. The minimum atomic E-state index is -0.0941. The van der Waals surface area contributed by atoms with E-state index in [0.29, 0.717) is 16.9 Å². The maximum Gasteiger partial charge on any atom is 0.185 e. The molecular formula is C17H14O3. The maximum atomic E-state index is 12.0. The van der Waals surface area contributed by atoms with Gasteiger partial charge in [0.25, 0.3) is 0 Å². The van der Waals surface area contributed by atoms with Crippen LogP contribution >= 0.6 is 0 Å². The van der Waals surface area contributed by atoms with Crippen LogP contribution in [0.4, 0.5) is 0 Å². The van der Waals surface area contributed by atoms with Crippen molar-refractivity contribution in [2.75, 3.05) is 7.11 Å². The maximum absolute atomic E-state index is 12.0. The molecule has 3 heteroatoms. The van der Waals surface area contributed by atoms with E-state index in [2.05, 4.69) is 0 Å². The number of allylic oxidation sites excluding steroid dienone is 1. The molecule has 2 aromatic rings. The molecule has 2 rings (SSSR count). The van der Waals surface area contributed by atoms with Gasteiger partial charge >= 0.3 is 0 Å². The average Bonchev–Trinajstić information content (AvgIpc) is 2.53. The van der Waals surface area contributed by atoms with Crippen LogP contribution in [0.2, 0.25) is 0 Å². The first-order valence-corrected chi connectivity index (χ1v) is 6.14. The van der Waals surface area contributed by atoms with Crippen LogP contribution in [0.15, 0.2) is 54.6 Å². The van der Waals surface area contributed by atoms with Crippen molar-refractivity contribution in [1.82, 2.24) is 0 Å². The number of hydrogen-bond acceptors (Lipinski definition) is 3. The van der Waals surface area contributed by atoms with E-state index < -0.39 is 0 Å². The van der Waals surface area contributed by atoms with Crippen molar-refractivity contribution in [2.45, 2.75) is 0 Å². The molecule has 100 valence electrons. The number of carbonyl (C=O) groups is 2. The fourth-order valence-corrected chi connectivity index (χ4v) is 1.73. The largest absolute Gasteiger partial charge is 0.497 e. The van der Waals surface area contributed by atoms with Crippen molar-refractivity contribution >= 4 is 18.1 Å². The topological polar surface area (TPSA) is 43.4 Å². The van der Waals surface area contributed by atoms with E-state index in [1.807, 2.05) is 0 Å². The van der Waals surface area contributed by atoms with Gasteiger partial charge in [-0.3, -0.25) is 9.59 Å². The number of methoxy groups -OCH3 is 1. The van der Waals surface area contributed by atoms with Crippen molar-refractivity contribution in [3.8, 4) is 5.75 Å². The fraction of sp³-hybridized carbons (Fsp3) is 0.0588. The Labute approximate surface area is 117 Å². The minimum Gasteiger partial charge on any atom is -0.497 e. The predicted molar refractivity (Wildman–Crippen MR) is 78.2 cm³/mol. The van der Waals surface area contributed by atoms with E-state index in [0.717, 1.165) is 11.8 Å². The van der Waals surface area contributed by atoms with Crippen molar-refractivity contribution in [3.63, 3.8) is 0 Å². The number of rotatable bonds is 5. The van der Waals surface area contributed by atoms with Crippen LogP contribution in [0.3, 0.4) is 0 Å². The smallest absolute Gasteiger partial charge is 0.185 e. The molecule has 0 bridgehead atoms. The standard InChI is InChI=1S/C17H14O3/c1-20-16-4-2-3-15(11-16)17(19)10-9-13-5-7-14(12-18)8-6-13/h2-12H,1H3/b10-9+. The van der Waals surface area contributed by atoms with Gasteiger partial charge < -0.3 is 4.74 Å². The second-order valence-corrected chi connectivity index (χ2v) is 4.21. The molecular weight excluding hydrogens is 252 g/mol. The Balaban J connectivity index is 2.13. The van der Waals surface area contributed by atoms with Gasteiger partial charge in [-0.2, -0.15) is 0 Å². The van der Waals surface area contributed by atoms with Crippen molar-refractivity contribution in [3.05, 3.63) is 71.3 Å².